The number of hydrogen-bond donors (Lipinski definition) is 1. The lowest BCUT2D eigenvalue weighted by atomic mass is 10.1. The zero-order chi connectivity index (χ0) is 15.5. The van der Waals surface area contributed by atoms with Crippen LogP contribution in [-0.4, -0.2) is 16.5 Å². The Bertz CT molecular complexity index is 585. The summed E-state index contributed by atoms with van der Waals surface area (Å²) < 4.78 is 40.7. The van der Waals surface area contributed by atoms with Gasteiger partial charge in [0.25, 0.3) is 0 Å². The summed E-state index contributed by atoms with van der Waals surface area (Å²) in [6.45, 7) is 0. The van der Waals surface area contributed by atoms with Gasteiger partial charge in [0.1, 0.15) is 5.75 Å². The van der Waals surface area contributed by atoms with E-state index < -0.39 is 12.5 Å². The molecule has 1 aromatic carbocycles. The highest BCUT2D eigenvalue weighted by molar-refractivity contribution is 9.10. The largest absolute Gasteiger partial charge is 0.573 e. The van der Waals surface area contributed by atoms with Crippen LogP contribution in [0.2, 0.25) is 0 Å². The second-order valence-corrected chi connectivity index (χ2v) is 5.23. The van der Waals surface area contributed by atoms with E-state index >= 15 is 0 Å². The van der Waals surface area contributed by atoms with Gasteiger partial charge in [0.15, 0.2) is 0 Å². The van der Waals surface area contributed by atoms with Crippen molar-refractivity contribution >= 4 is 15.9 Å². The van der Waals surface area contributed by atoms with E-state index in [1.165, 1.54) is 24.3 Å². The molecule has 0 saturated carbocycles. The second-order valence-electron chi connectivity index (χ2n) is 4.31. The van der Waals surface area contributed by atoms with Gasteiger partial charge in [0.2, 0.25) is 0 Å². The summed E-state index contributed by atoms with van der Waals surface area (Å²) in [6, 6.07) is 8.81. The summed E-state index contributed by atoms with van der Waals surface area (Å²) >= 11 is 3.24. The molecule has 0 amide bonds. The Morgan fingerprint density at radius 3 is 2.33 bits per heavy atom. The average molecular weight is 362 g/mol. The highest BCUT2D eigenvalue weighted by atomic mass is 79.9. The Labute approximate surface area is 127 Å². The molecule has 1 aromatic heterocycles. The van der Waals surface area contributed by atoms with Gasteiger partial charge in [-0.1, -0.05) is 12.1 Å². The summed E-state index contributed by atoms with van der Waals surface area (Å²) in [6.07, 6.45) is -3.71. The van der Waals surface area contributed by atoms with E-state index in [-0.39, 0.29) is 12.2 Å². The number of aromatic nitrogens is 1. The number of hydrogen-bond acceptors (Lipinski definition) is 3. The summed E-state index contributed by atoms with van der Waals surface area (Å²) in [4.78, 5) is 4.07. The molecule has 21 heavy (non-hydrogen) atoms. The van der Waals surface area contributed by atoms with Crippen molar-refractivity contribution in [2.45, 2.75) is 18.9 Å². The molecule has 1 heterocycles. The van der Waals surface area contributed by atoms with Gasteiger partial charge in [-0.2, -0.15) is 0 Å². The monoisotopic (exact) mass is 361 g/mol. The minimum atomic E-state index is -4.71. The first-order valence-electron chi connectivity index (χ1n) is 5.98. The highest BCUT2D eigenvalue weighted by Gasteiger charge is 2.30. The SMILES string of the molecule is OC(Cc1ccc(OC(F)(F)F)cc1)c1ccc(Br)cn1. The van der Waals surface area contributed by atoms with Crippen LogP contribution in [0.1, 0.15) is 17.4 Å². The number of nitrogens with zero attached hydrogens (tertiary/aromatic N) is 1. The quantitative estimate of drug-likeness (QED) is 0.894. The van der Waals surface area contributed by atoms with E-state index in [4.69, 9.17) is 0 Å². The molecule has 0 aliphatic rings. The van der Waals surface area contributed by atoms with Crippen LogP contribution in [0.3, 0.4) is 0 Å². The molecule has 1 unspecified atom stereocenters. The Balaban J connectivity index is 2.01. The number of alkyl halides is 3. The van der Waals surface area contributed by atoms with Crippen molar-refractivity contribution in [1.29, 1.82) is 0 Å². The first-order chi connectivity index (χ1) is 9.83. The van der Waals surface area contributed by atoms with Crippen molar-refractivity contribution in [2.75, 3.05) is 0 Å². The molecule has 2 rings (SSSR count). The van der Waals surface area contributed by atoms with Gasteiger partial charge < -0.3 is 9.84 Å². The van der Waals surface area contributed by atoms with Crippen LogP contribution in [0.4, 0.5) is 13.2 Å². The van der Waals surface area contributed by atoms with Gasteiger partial charge in [-0.25, -0.2) is 0 Å². The number of ether oxygens (including phenoxy) is 1. The van der Waals surface area contributed by atoms with E-state index in [0.717, 1.165) is 4.47 Å². The first kappa shape index (κ1) is 15.8. The van der Waals surface area contributed by atoms with Crippen LogP contribution in [0.5, 0.6) is 5.75 Å². The number of aliphatic hydroxyl groups excluding tert-OH is 1. The molecule has 0 saturated heterocycles. The molecular formula is C14H11BrF3NO2. The second kappa shape index (κ2) is 6.44. The summed E-state index contributed by atoms with van der Waals surface area (Å²) in [7, 11) is 0. The third-order valence-corrected chi connectivity index (χ3v) is 3.15. The Morgan fingerprint density at radius 1 is 1.14 bits per heavy atom. The van der Waals surface area contributed by atoms with E-state index in [0.29, 0.717) is 11.3 Å². The lowest BCUT2D eigenvalue weighted by molar-refractivity contribution is -0.274. The molecule has 0 radical (unpaired) electrons. The third-order valence-electron chi connectivity index (χ3n) is 2.68. The number of pyridine rings is 1. The molecule has 0 bridgehead atoms. The minimum absolute atomic E-state index is 0.251. The van der Waals surface area contributed by atoms with Crippen LogP contribution < -0.4 is 4.74 Å². The number of benzene rings is 1. The lowest BCUT2D eigenvalue weighted by Gasteiger charge is -2.12. The topological polar surface area (TPSA) is 42.4 Å². The molecule has 3 nitrogen and oxygen atoms in total. The van der Waals surface area contributed by atoms with Crippen molar-refractivity contribution in [1.82, 2.24) is 4.98 Å². The maximum absolute atomic E-state index is 12.0. The Kier molecular flexibility index (Phi) is 4.84. The fourth-order valence-corrected chi connectivity index (χ4v) is 1.97. The summed E-state index contributed by atoms with van der Waals surface area (Å²) in [5.41, 5.74) is 1.18. The molecule has 1 N–H and O–H groups in total. The summed E-state index contributed by atoms with van der Waals surface area (Å²) in [5.74, 6) is -0.289. The van der Waals surface area contributed by atoms with Gasteiger partial charge >= 0.3 is 6.36 Å². The standard InChI is InChI=1S/C14H11BrF3NO2/c15-10-3-6-12(19-8-10)13(20)7-9-1-4-11(5-2-9)21-14(16,17)18/h1-6,8,13,20H,7H2. The van der Waals surface area contributed by atoms with Crippen LogP contribution in [-0.2, 0) is 6.42 Å². The molecule has 0 aliphatic carbocycles. The molecule has 112 valence electrons. The van der Waals surface area contributed by atoms with Crippen molar-refractivity contribution in [2.24, 2.45) is 0 Å². The van der Waals surface area contributed by atoms with E-state index in [2.05, 4.69) is 25.7 Å². The Morgan fingerprint density at radius 2 is 1.81 bits per heavy atom. The normalized spacial score (nSPS) is 13.0. The van der Waals surface area contributed by atoms with Crippen LogP contribution in [0.15, 0.2) is 47.1 Å². The molecule has 7 heteroatoms. The lowest BCUT2D eigenvalue weighted by Crippen LogP contribution is -2.17. The molecular weight excluding hydrogens is 351 g/mol. The average Bonchev–Trinajstić information content (AvgIpc) is 2.40. The zero-order valence-electron chi connectivity index (χ0n) is 10.6. The van der Waals surface area contributed by atoms with E-state index in [1.807, 2.05) is 0 Å². The highest BCUT2D eigenvalue weighted by Crippen LogP contribution is 2.24. The molecule has 0 spiro atoms. The third kappa shape index (κ3) is 5.02. The fourth-order valence-electron chi connectivity index (χ4n) is 1.74. The molecule has 1 atom stereocenters. The summed E-state index contributed by atoms with van der Waals surface area (Å²) in [5, 5.41) is 10.0. The molecule has 2 aromatic rings. The van der Waals surface area contributed by atoms with Gasteiger partial charge in [-0.3, -0.25) is 4.98 Å². The first-order valence-corrected chi connectivity index (χ1v) is 6.77. The molecule has 0 aliphatic heterocycles. The van der Waals surface area contributed by atoms with Crippen LogP contribution in [0, 0.1) is 0 Å². The maximum Gasteiger partial charge on any atom is 0.573 e. The number of halogens is 4. The minimum Gasteiger partial charge on any atom is -0.406 e. The smallest absolute Gasteiger partial charge is 0.406 e. The van der Waals surface area contributed by atoms with E-state index in [1.54, 1.807) is 18.3 Å². The van der Waals surface area contributed by atoms with Crippen LogP contribution in [0.25, 0.3) is 0 Å². The predicted octanol–water partition coefficient (Wildman–Crippen LogP) is 4.02. The van der Waals surface area contributed by atoms with Gasteiger partial charge in [0.05, 0.1) is 11.8 Å². The Hall–Kier alpha value is -1.60. The van der Waals surface area contributed by atoms with Crippen LogP contribution >= 0.6 is 15.9 Å². The van der Waals surface area contributed by atoms with Crippen molar-refractivity contribution in [3.63, 3.8) is 0 Å². The number of rotatable bonds is 4. The van der Waals surface area contributed by atoms with Gasteiger partial charge in [0, 0.05) is 17.1 Å². The van der Waals surface area contributed by atoms with Crippen molar-refractivity contribution in [3.8, 4) is 5.75 Å². The maximum atomic E-state index is 12.0. The van der Waals surface area contributed by atoms with Gasteiger partial charge in [-0.05, 0) is 45.8 Å². The fraction of sp³-hybridized carbons (Fsp3) is 0.214. The zero-order valence-corrected chi connectivity index (χ0v) is 12.2. The predicted molar refractivity (Wildman–Crippen MR) is 73.7 cm³/mol. The van der Waals surface area contributed by atoms with Crippen molar-refractivity contribution < 1.29 is 23.0 Å². The molecule has 0 fully saturated rings. The van der Waals surface area contributed by atoms with Crippen molar-refractivity contribution in [3.05, 3.63) is 58.3 Å². The number of aliphatic hydroxyl groups is 1. The van der Waals surface area contributed by atoms with Gasteiger partial charge in [-0.15, -0.1) is 13.2 Å². The van der Waals surface area contributed by atoms with E-state index in [9.17, 15) is 18.3 Å².